The van der Waals surface area contributed by atoms with Crippen LogP contribution in [0.5, 0.6) is 0 Å². The second-order valence-electron chi connectivity index (χ2n) is 10.5. The van der Waals surface area contributed by atoms with Crippen LogP contribution in [-0.2, 0) is 10.2 Å². The highest BCUT2D eigenvalue weighted by Gasteiger charge is 2.24. The molecule has 0 radical (unpaired) electrons. The molecule has 3 aromatic carbocycles. The van der Waals surface area contributed by atoms with Crippen molar-refractivity contribution >= 4 is 40.0 Å². The van der Waals surface area contributed by atoms with Crippen LogP contribution in [0.25, 0.3) is 16.5 Å². The molecular formula is C31H35ClN4O2. The molecule has 0 spiro atoms. The lowest BCUT2D eigenvalue weighted by Gasteiger charge is -2.23. The number of halogens is 1. The smallest absolute Gasteiger partial charge is 0.254 e. The Morgan fingerprint density at radius 2 is 1.68 bits per heavy atom. The number of carbonyl (C=O) groups excluding carboxylic acids is 2. The lowest BCUT2D eigenvalue weighted by Crippen LogP contribution is -2.39. The van der Waals surface area contributed by atoms with E-state index in [2.05, 4.69) is 33.0 Å². The highest BCUT2D eigenvalue weighted by atomic mass is 35.5. The number of fused-ring (bicyclic) bond motifs is 1. The van der Waals surface area contributed by atoms with E-state index in [1.807, 2.05) is 66.7 Å². The molecule has 0 aliphatic carbocycles. The lowest BCUT2D eigenvalue weighted by molar-refractivity contribution is -0.117. The monoisotopic (exact) mass is 530 g/mol. The van der Waals surface area contributed by atoms with Crippen molar-refractivity contribution in [1.29, 1.82) is 0 Å². The zero-order chi connectivity index (χ0) is 27.3. The summed E-state index contributed by atoms with van der Waals surface area (Å²) in [5, 5.41) is 10.2. The molecule has 6 nitrogen and oxygen atoms in total. The zero-order valence-corrected chi connectivity index (χ0v) is 23.3. The van der Waals surface area contributed by atoms with Gasteiger partial charge in [0, 0.05) is 23.6 Å². The molecule has 4 rings (SSSR count). The number of hydrogen-bond acceptors (Lipinski definition) is 3. The van der Waals surface area contributed by atoms with E-state index in [1.54, 1.807) is 15.6 Å². The molecule has 0 unspecified atom stereocenters. The van der Waals surface area contributed by atoms with Crippen molar-refractivity contribution < 1.29 is 9.59 Å². The number of unbranched alkanes of at least 4 members (excludes halogenated alkanes) is 2. The predicted molar refractivity (Wildman–Crippen MR) is 155 cm³/mol. The Bertz CT molecular complexity index is 1430. The van der Waals surface area contributed by atoms with E-state index in [0.29, 0.717) is 28.6 Å². The quantitative estimate of drug-likeness (QED) is 0.232. The topological polar surface area (TPSA) is 67.2 Å². The van der Waals surface area contributed by atoms with Gasteiger partial charge in [0.2, 0.25) is 5.91 Å². The van der Waals surface area contributed by atoms with Gasteiger partial charge in [0.15, 0.2) is 0 Å². The molecule has 1 N–H and O–H groups in total. The minimum absolute atomic E-state index is 0.0652. The minimum atomic E-state index is -0.288. The molecule has 1 heterocycles. The molecule has 0 bridgehead atoms. The molecule has 0 fully saturated rings. The summed E-state index contributed by atoms with van der Waals surface area (Å²) in [4.78, 5) is 28.8. The van der Waals surface area contributed by atoms with Crippen molar-refractivity contribution in [2.75, 3.05) is 18.4 Å². The van der Waals surface area contributed by atoms with Gasteiger partial charge in [-0.25, -0.2) is 4.68 Å². The molecule has 0 saturated heterocycles. The van der Waals surface area contributed by atoms with Gasteiger partial charge in [-0.05, 0) is 35.4 Å². The molecular weight excluding hydrogens is 496 g/mol. The summed E-state index contributed by atoms with van der Waals surface area (Å²) in [7, 11) is 0. The number of para-hydroxylation sites is 1. The fraction of sp³-hybridized carbons (Fsp3) is 0.323. The number of nitrogens with one attached hydrogen (secondary N) is 1. The first-order chi connectivity index (χ1) is 18.2. The van der Waals surface area contributed by atoms with Gasteiger partial charge >= 0.3 is 0 Å². The molecule has 198 valence electrons. The van der Waals surface area contributed by atoms with Crippen LogP contribution in [0.3, 0.4) is 0 Å². The summed E-state index contributed by atoms with van der Waals surface area (Å²) in [5.41, 5.74) is 1.86. The Balaban J connectivity index is 1.62. The number of amides is 2. The fourth-order valence-corrected chi connectivity index (χ4v) is 4.60. The summed E-state index contributed by atoms with van der Waals surface area (Å²) in [6.45, 7) is 8.75. The zero-order valence-electron chi connectivity index (χ0n) is 22.5. The summed E-state index contributed by atoms with van der Waals surface area (Å²) < 4.78 is 1.66. The highest BCUT2D eigenvalue weighted by molar-refractivity contribution is 6.32. The second kappa shape index (κ2) is 11.8. The lowest BCUT2D eigenvalue weighted by atomic mass is 9.92. The molecule has 0 saturated carbocycles. The van der Waals surface area contributed by atoms with Crippen LogP contribution in [0.2, 0.25) is 5.02 Å². The third-order valence-electron chi connectivity index (χ3n) is 6.50. The van der Waals surface area contributed by atoms with Crippen LogP contribution in [0, 0.1) is 0 Å². The summed E-state index contributed by atoms with van der Waals surface area (Å²) in [6, 6.07) is 22.8. The Morgan fingerprint density at radius 1 is 0.974 bits per heavy atom. The number of aromatic nitrogens is 2. The van der Waals surface area contributed by atoms with Gasteiger partial charge in [0.05, 0.1) is 16.4 Å². The van der Waals surface area contributed by atoms with Crippen molar-refractivity contribution in [1.82, 2.24) is 14.7 Å². The molecule has 7 heteroatoms. The average molecular weight is 531 g/mol. The van der Waals surface area contributed by atoms with E-state index in [4.69, 9.17) is 16.7 Å². The Hall–Kier alpha value is -3.64. The Labute approximate surface area is 229 Å². The number of benzene rings is 3. The van der Waals surface area contributed by atoms with Gasteiger partial charge in [-0.1, -0.05) is 101 Å². The van der Waals surface area contributed by atoms with Crippen LogP contribution in [0.1, 0.15) is 63.0 Å². The Kier molecular flexibility index (Phi) is 8.52. The first-order valence-electron chi connectivity index (χ1n) is 13.1. The van der Waals surface area contributed by atoms with Crippen molar-refractivity contribution in [3.8, 4) is 5.69 Å². The number of hydrogen-bond donors (Lipinski definition) is 1. The van der Waals surface area contributed by atoms with Crippen molar-refractivity contribution in [2.45, 2.75) is 52.4 Å². The minimum Gasteiger partial charge on any atom is -0.329 e. The molecule has 0 aliphatic heterocycles. The van der Waals surface area contributed by atoms with Gasteiger partial charge in [-0.3, -0.25) is 9.59 Å². The number of carbonyl (C=O) groups is 2. The van der Waals surface area contributed by atoms with Crippen LogP contribution < -0.4 is 5.32 Å². The number of anilines is 1. The van der Waals surface area contributed by atoms with Gasteiger partial charge in [0.1, 0.15) is 12.4 Å². The van der Waals surface area contributed by atoms with E-state index < -0.39 is 0 Å². The fourth-order valence-electron chi connectivity index (χ4n) is 4.39. The standard InChI is InChI=1S/C31H35ClN4O2/c1-5-6-11-19-35(30(38)24-16-12-14-22-13-7-8-15-23(22)24)21-29(37)33-28-20-27(31(2,3)4)34-36(28)26-18-10-9-17-25(26)32/h7-10,12-18,20H,5-6,11,19,21H2,1-4H3,(H,33,37). The Morgan fingerprint density at radius 3 is 2.42 bits per heavy atom. The third kappa shape index (κ3) is 6.25. The summed E-state index contributed by atoms with van der Waals surface area (Å²) >= 11 is 6.48. The second-order valence-corrected chi connectivity index (χ2v) is 10.9. The van der Waals surface area contributed by atoms with E-state index in [-0.39, 0.29) is 23.8 Å². The van der Waals surface area contributed by atoms with Gasteiger partial charge in [0.25, 0.3) is 5.91 Å². The van der Waals surface area contributed by atoms with Crippen LogP contribution in [0.4, 0.5) is 5.82 Å². The van der Waals surface area contributed by atoms with E-state index in [0.717, 1.165) is 35.7 Å². The van der Waals surface area contributed by atoms with Crippen molar-refractivity contribution in [3.63, 3.8) is 0 Å². The molecule has 38 heavy (non-hydrogen) atoms. The first kappa shape index (κ1) is 27.4. The first-order valence-corrected chi connectivity index (χ1v) is 13.5. The predicted octanol–water partition coefficient (Wildman–Crippen LogP) is 7.25. The molecule has 0 atom stereocenters. The molecule has 2 amide bonds. The number of rotatable bonds is 9. The van der Waals surface area contributed by atoms with Crippen LogP contribution in [0.15, 0.2) is 72.8 Å². The number of nitrogens with zero attached hydrogens (tertiary/aromatic N) is 3. The maximum atomic E-state index is 13.7. The van der Waals surface area contributed by atoms with Crippen LogP contribution in [-0.4, -0.2) is 39.6 Å². The van der Waals surface area contributed by atoms with Crippen LogP contribution >= 0.6 is 11.6 Å². The molecule has 1 aromatic heterocycles. The van der Waals surface area contributed by atoms with Gasteiger partial charge < -0.3 is 10.2 Å². The van der Waals surface area contributed by atoms with Gasteiger partial charge in [-0.2, -0.15) is 5.10 Å². The SMILES string of the molecule is CCCCCN(CC(=O)Nc1cc(C(C)(C)C)nn1-c1ccccc1Cl)C(=O)c1cccc2ccccc12. The largest absolute Gasteiger partial charge is 0.329 e. The van der Waals surface area contributed by atoms with E-state index >= 15 is 0 Å². The third-order valence-corrected chi connectivity index (χ3v) is 6.82. The maximum Gasteiger partial charge on any atom is 0.254 e. The average Bonchev–Trinajstić information content (AvgIpc) is 3.31. The molecule has 0 aliphatic rings. The van der Waals surface area contributed by atoms with E-state index in [9.17, 15) is 9.59 Å². The summed E-state index contributed by atoms with van der Waals surface area (Å²) in [5.74, 6) is 0.0749. The highest BCUT2D eigenvalue weighted by Crippen LogP contribution is 2.29. The van der Waals surface area contributed by atoms with E-state index in [1.165, 1.54) is 0 Å². The summed E-state index contributed by atoms with van der Waals surface area (Å²) in [6.07, 6.45) is 2.83. The van der Waals surface area contributed by atoms with Crippen molar-refractivity contribution in [3.05, 3.63) is 89.1 Å². The normalized spacial score (nSPS) is 11.5. The molecule has 4 aromatic rings. The maximum absolute atomic E-state index is 13.7. The van der Waals surface area contributed by atoms with Crippen molar-refractivity contribution in [2.24, 2.45) is 0 Å². The van der Waals surface area contributed by atoms with Gasteiger partial charge in [-0.15, -0.1) is 0 Å².